The van der Waals surface area contributed by atoms with Crippen LogP contribution in [0.25, 0.3) is 0 Å². The van der Waals surface area contributed by atoms with Crippen molar-refractivity contribution in [2.45, 2.75) is 0 Å². The molecule has 17 nitrogen and oxygen atoms in total. The van der Waals surface area contributed by atoms with Crippen molar-refractivity contribution in [3.8, 4) is 23.0 Å². The first kappa shape index (κ1) is 30.4. The van der Waals surface area contributed by atoms with Gasteiger partial charge in [0.2, 0.25) is 0 Å². The molecule has 2 N–H and O–H groups in total. The molecule has 17 heteroatoms. The van der Waals surface area contributed by atoms with Crippen molar-refractivity contribution in [1.82, 2.24) is 15.8 Å². The van der Waals surface area contributed by atoms with Gasteiger partial charge in [-0.05, 0) is 24.3 Å². The van der Waals surface area contributed by atoms with Crippen molar-refractivity contribution < 1.29 is 38.4 Å². The highest BCUT2D eigenvalue weighted by Crippen LogP contribution is 2.34. The average Bonchev–Trinajstić information content (AvgIpc) is 2.99. The zero-order valence-corrected chi connectivity index (χ0v) is 22.5. The number of nitrogens with one attached hydrogen (secondary N) is 2. The predicted molar refractivity (Wildman–Crippen MR) is 147 cm³/mol. The summed E-state index contributed by atoms with van der Waals surface area (Å²) in [4.78, 5) is 50.6. The Kier molecular flexibility index (Phi) is 9.98. The SMILES string of the molecule is COc1cc(/C=N/NC(=O)c2cccc(C(=O)N/N=C/c3cc(OC)c(OC)cc3[N+](=O)[O-])n2)c([N+](=O)[O-])cc1OC. The number of pyridine rings is 1. The summed E-state index contributed by atoms with van der Waals surface area (Å²) in [7, 11) is 5.36. The molecule has 0 saturated carbocycles. The Hall–Kier alpha value is -6.13. The molecule has 3 aromatic rings. The number of aromatic nitrogens is 1. The molecule has 0 aliphatic rings. The molecule has 0 aliphatic heterocycles. The molecular formula is C25H23N7O10. The van der Waals surface area contributed by atoms with Crippen LogP contribution in [0.1, 0.15) is 32.1 Å². The van der Waals surface area contributed by atoms with Crippen molar-refractivity contribution in [3.05, 3.63) is 85.2 Å². The van der Waals surface area contributed by atoms with Gasteiger partial charge in [-0.25, -0.2) is 15.8 Å². The second kappa shape index (κ2) is 13.8. The Morgan fingerprint density at radius 1 is 0.714 bits per heavy atom. The molecule has 0 spiro atoms. The lowest BCUT2D eigenvalue weighted by Crippen LogP contribution is -2.23. The van der Waals surface area contributed by atoms with Crippen molar-refractivity contribution in [3.63, 3.8) is 0 Å². The molecule has 1 heterocycles. The lowest BCUT2D eigenvalue weighted by molar-refractivity contribution is -0.385. The number of amides is 2. The van der Waals surface area contributed by atoms with Gasteiger partial charge in [0.05, 0.1) is 74.0 Å². The number of carbonyl (C=O) groups excluding carboxylic acids is 2. The number of ether oxygens (including phenoxy) is 4. The maximum absolute atomic E-state index is 12.6. The number of methoxy groups -OCH3 is 4. The summed E-state index contributed by atoms with van der Waals surface area (Å²) in [6, 6.07) is 8.91. The molecule has 0 atom stereocenters. The van der Waals surface area contributed by atoms with Crippen molar-refractivity contribution in [2.24, 2.45) is 10.2 Å². The normalized spacial score (nSPS) is 10.8. The Balaban J connectivity index is 1.73. The maximum atomic E-state index is 12.6. The average molecular weight is 581 g/mol. The molecule has 218 valence electrons. The molecule has 2 amide bonds. The fraction of sp³-hybridized carbons (Fsp3) is 0.160. The van der Waals surface area contributed by atoms with E-state index in [4.69, 9.17) is 18.9 Å². The minimum absolute atomic E-state index is 0.0200. The highest BCUT2D eigenvalue weighted by atomic mass is 16.6. The smallest absolute Gasteiger partial charge is 0.289 e. The van der Waals surface area contributed by atoms with E-state index in [0.717, 1.165) is 24.6 Å². The molecule has 42 heavy (non-hydrogen) atoms. The highest BCUT2D eigenvalue weighted by Gasteiger charge is 2.20. The van der Waals surface area contributed by atoms with Gasteiger partial charge in [0.15, 0.2) is 23.0 Å². The Labute approximate surface area is 237 Å². The second-order valence-corrected chi connectivity index (χ2v) is 7.85. The van der Waals surface area contributed by atoms with Gasteiger partial charge in [-0.15, -0.1) is 0 Å². The van der Waals surface area contributed by atoms with E-state index >= 15 is 0 Å². The summed E-state index contributed by atoms with van der Waals surface area (Å²) >= 11 is 0. The van der Waals surface area contributed by atoms with Gasteiger partial charge in [-0.3, -0.25) is 29.8 Å². The number of nitrogens with zero attached hydrogens (tertiary/aromatic N) is 5. The summed E-state index contributed by atoms with van der Waals surface area (Å²) in [6.45, 7) is 0. The van der Waals surface area contributed by atoms with Crippen LogP contribution in [-0.2, 0) is 0 Å². The van der Waals surface area contributed by atoms with E-state index in [2.05, 4.69) is 26.0 Å². The summed E-state index contributed by atoms with van der Waals surface area (Å²) in [5, 5.41) is 30.3. The van der Waals surface area contributed by atoms with Gasteiger partial charge in [-0.1, -0.05) is 6.07 Å². The largest absolute Gasteiger partial charge is 0.493 e. The topological polar surface area (TPSA) is 219 Å². The number of nitro benzene ring substituents is 2. The number of nitro groups is 2. The van der Waals surface area contributed by atoms with Gasteiger partial charge in [0.1, 0.15) is 11.4 Å². The molecule has 0 bridgehead atoms. The van der Waals surface area contributed by atoms with Crippen LogP contribution in [0.3, 0.4) is 0 Å². The third-order valence-corrected chi connectivity index (χ3v) is 5.41. The van der Waals surface area contributed by atoms with Crippen LogP contribution in [0.15, 0.2) is 52.7 Å². The van der Waals surface area contributed by atoms with Crippen LogP contribution in [0.4, 0.5) is 11.4 Å². The van der Waals surface area contributed by atoms with Crippen LogP contribution in [-0.4, -0.2) is 67.5 Å². The lowest BCUT2D eigenvalue weighted by Gasteiger charge is -2.08. The van der Waals surface area contributed by atoms with Crippen LogP contribution in [0, 0.1) is 20.2 Å². The number of hydrogen-bond acceptors (Lipinski definition) is 13. The zero-order valence-electron chi connectivity index (χ0n) is 22.5. The fourth-order valence-electron chi connectivity index (χ4n) is 3.41. The second-order valence-electron chi connectivity index (χ2n) is 7.85. The van der Waals surface area contributed by atoms with E-state index < -0.39 is 21.7 Å². The number of rotatable bonds is 12. The van der Waals surface area contributed by atoms with E-state index in [9.17, 15) is 29.8 Å². The van der Waals surface area contributed by atoms with Crippen molar-refractivity contribution >= 4 is 35.6 Å². The summed E-state index contributed by atoms with van der Waals surface area (Å²) in [5.74, 6) is -0.965. The minimum Gasteiger partial charge on any atom is -0.493 e. The van der Waals surface area contributed by atoms with Crippen LogP contribution >= 0.6 is 0 Å². The van der Waals surface area contributed by atoms with E-state index in [-0.39, 0.29) is 56.9 Å². The van der Waals surface area contributed by atoms with E-state index in [1.807, 2.05) is 0 Å². The molecule has 0 aliphatic carbocycles. The van der Waals surface area contributed by atoms with Crippen molar-refractivity contribution in [1.29, 1.82) is 0 Å². The van der Waals surface area contributed by atoms with E-state index in [1.165, 1.54) is 58.8 Å². The van der Waals surface area contributed by atoms with Crippen LogP contribution in [0.2, 0.25) is 0 Å². The third kappa shape index (κ3) is 7.08. The molecule has 3 rings (SSSR count). The molecule has 0 unspecified atom stereocenters. The molecule has 0 radical (unpaired) electrons. The fourth-order valence-corrected chi connectivity index (χ4v) is 3.41. The predicted octanol–water partition coefficient (Wildman–Crippen LogP) is 2.46. The first-order valence-corrected chi connectivity index (χ1v) is 11.6. The molecule has 1 aromatic heterocycles. The maximum Gasteiger partial charge on any atom is 0.289 e. The Morgan fingerprint density at radius 3 is 1.40 bits per heavy atom. The molecular weight excluding hydrogens is 558 g/mol. The number of carbonyl (C=O) groups is 2. The van der Waals surface area contributed by atoms with Gasteiger partial charge < -0.3 is 18.9 Å². The van der Waals surface area contributed by atoms with Crippen molar-refractivity contribution in [2.75, 3.05) is 28.4 Å². The standard InChI is InChI=1S/C25H23N7O10/c1-39-20-8-14(18(31(35)36)10-22(20)41-3)12-26-29-24(33)16-6-5-7-17(28-16)25(34)30-27-13-15-9-21(40-2)23(42-4)11-19(15)32(37)38/h5-13H,1-4H3,(H,29,33)(H,30,34)/b26-12+,27-13+. The number of benzene rings is 2. The Morgan fingerprint density at radius 2 is 1.07 bits per heavy atom. The molecule has 0 fully saturated rings. The van der Waals surface area contributed by atoms with E-state index in [0.29, 0.717) is 0 Å². The number of hydrazone groups is 2. The van der Waals surface area contributed by atoms with Gasteiger partial charge >= 0.3 is 0 Å². The Bertz CT molecular complexity index is 1480. The first-order valence-electron chi connectivity index (χ1n) is 11.6. The summed E-state index contributed by atoms with van der Waals surface area (Å²) < 4.78 is 20.4. The third-order valence-electron chi connectivity index (χ3n) is 5.41. The van der Waals surface area contributed by atoms with Gasteiger partial charge in [0.25, 0.3) is 23.2 Å². The van der Waals surface area contributed by atoms with E-state index in [1.54, 1.807) is 0 Å². The van der Waals surface area contributed by atoms with Gasteiger partial charge in [-0.2, -0.15) is 10.2 Å². The first-order chi connectivity index (χ1) is 20.1. The minimum atomic E-state index is -0.825. The quantitative estimate of drug-likeness (QED) is 0.180. The lowest BCUT2D eigenvalue weighted by atomic mass is 10.1. The monoisotopic (exact) mass is 581 g/mol. The van der Waals surface area contributed by atoms with Crippen LogP contribution in [0.5, 0.6) is 23.0 Å². The molecule has 2 aromatic carbocycles. The highest BCUT2D eigenvalue weighted by molar-refractivity contribution is 5.97. The number of hydrogen-bond donors (Lipinski definition) is 2. The zero-order chi connectivity index (χ0) is 30.8. The van der Waals surface area contributed by atoms with Gasteiger partial charge in [0, 0.05) is 0 Å². The summed E-state index contributed by atoms with van der Waals surface area (Å²) in [5.41, 5.74) is 3.28. The summed E-state index contributed by atoms with van der Waals surface area (Å²) in [6.07, 6.45) is 2.08. The molecule has 0 saturated heterocycles. The van der Waals surface area contributed by atoms with Crippen LogP contribution < -0.4 is 29.8 Å².